The van der Waals surface area contributed by atoms with Crippen LogP contribution in [0, 0.1) is 5.92 Å². The molecule has 0 spiro atoms. The lowest BCUT2D eigenvalue weighted by Gasteiger charge is -2.26. The minimum atomic E-state index is -0.295. The van der Waals surface area contributed by atoms with Crippen LogP contribution in [-0.4, -0.2) is 46.7 Å². The van der Waals surface area contributed by atoms with Crippen LogP contribution in [0.2, 0.25) is 0 Å². The molecular weight excluding hydrogens is 380 g/mol. The average Bonchev–Trinajstić information content (AvgIpc) is 2.73. The van der Waals surface area contributed by atoms with Crippen molar-refractivity contribution in [1.82, 2.24) is 10.6 Å². The van der Waals surface area contributed by atoms with E-state index in [2.05, 4.69) is 24.5 Å². The fraction of sp³-hybridized carbons (Fsp3) is 0.500. The maximum atomic E-state index is 9.93. The normalized spacial score (nSPS) is 14.5. The van der Waals surface area contributed by atoms with Crippen molar-refractivity contribution in [1.29, 1.82) is 0 Å². The summed E-state index contributed by atoms with van der Waals surface area (Å²) in [4.78, 5) is 0. The summed E-state index contributed by atoms with van der Waals surface area (Å²) < 4.78 is 6.18. The van der Waals surface area contributed by atoms with E-state index < -0.39 is 0 Å². The number of ether oxygens (including phenoxy) is 1. The number of para-hydroxylation sites is 2. The van der Waals surface area contributed by atoms with Crippen molar-refractivity contribution >= 4 is 0 Å². The number of hydrogen-bond acceptors (Lipinski definition) is 6. The molecule has 166 valence electrons. The monoisotopic (exact) mass is 416 g/mol. The van der Waals surface area contributed by atoms with E-state index in [0.29, 0.717) is 19.0 Å². The molecule has 0 aliphatic rings. The van der Waals surface area contributed by atoms with E-state index in [1.807, 2.05) is 43.3 Å². The van der Waals surface area contributed by atoms with Crippen LogP contribution in [0.5, 0.6) is 11.5 Å². The topological polar surface area (TPSA) is 94.0 Å². The summed E-state index contributed by atoms with van der Waals surface area (Å²) in [7, 11) is 0. The number of benzene rings is 2. The zero-order valence-electron chi connectivity index (χ0n) is 18.2. The van der Waals surface area contributed by atoms with E-state index in [9.17, 15) is 15.3 Å². The summed E-state index contributed by atoms with van der Waals surface area (Å²) in [6.07, 6.45) is 0.616. The van der Waals surface area contributed by atoms with Gasteiger partial charge in [-0.1, -0.05) is 50.2 Å². The summed E-state index contributed by atoms with van der Waals surface area (Å²) >= 11 is 0. The molecule has 2 rings (SSSR count). The number of rotatable bonds is 13. The van der Waals surface area contributed by atoms with E-state index in [4.69, 9.17) is 4.74 Å². The van der Waals surface area contributed by atoms with Crippen molar-refractivity contribution in [2.24, 2.45) is 5.92 Å². The fourth-order valence-corrected chi connectivity index (χ4v) is 3.37. The van der Waals surface area contributed by atoms with Gasteiger partial charge < -0.3 is 30.7 Å². The van der Waals surface area contributed by atoms with Gasteiger partial charge in [-0.3, -0.25) is 0 Å². The summed E-state index contributed by atoms with van der Waals surface area (Å²) in [6, 6.07) is 14.7. The Labute approximate surface area is 179 Å². The lowest BCUT2D eigenvalue weighted by atomic mass is 10.0. The predicted octanol–water partition coefficient (Wildman–Crippen LogP) is 2.81. The predicted molar refractivity (Wildman–Crippen MR) is 120 cm³/mol. The molecular formula is C24H36N2O4. The Kier molecular flexibility index (Phi) is 10.1. The van der Waals surface area contributed by atoms with Gasteiger partial charge in [0.15, 0.2) is 0 Å². The highest BCUT2D eigenvalue weighted by Crippen LogP contribution is 2.21. The highest BCUT2D eigenvalue weighted by molar-refractivity contribution is 5.34. The third-order valence-electron chi connectivity index (χ3n) is 5.15. The number of hydrogen-bond donors (Lipinski definition) is 5. The van der Waals surface area contributed by atoms with Crippen LogP contribution in [0.25, 0.3) is 0 Å². The lowest BCUT2D eigenvalue weighted by molar-refractivity contribution is 0.119. The zero-order valence-corrected chi connectivity index (χ0v) is 18.2. The second kappa shape index (κ2) is 12.5. The molecule has 3 atom stereocenters. The van der Waals surface area contributed by atoms with Gasteiger partial charge in [0.2, 0.25) is 0 Å². The van der Waals surface area contributed by atoms with Crippen LogP contribution < -0.4 is 15.4 Å². The molecule has 0 amide bonds. The van der Waals surface area contributed by atoms with Crippen molar-refractivity contribution in [3.63, 3.8) is 0 Å². The molecule has 0 bridgehead atoms. The smallest absolute Gasteiger partial charge is 0.124 e. The number of phenols is 1. The van der Waals surface area contributed by atoms with Crippen LogP contribution in [0.1, 0.15) is 38.3 Å². The first-order valence-electron chi connectivity index (χ1n) is 10.6. The standard InChI is InChI=1S/C24H36N2O4/c1-17(2)12-21(15-27)25-14-20-9-5-7-11-24(20)30-18(3)22(16-28)26-13-19-8-4-6-10-23(19)29/h4-11,17-18,21-22,25-29H,12-16H2,1-3H3/t18?,21-,22+/m0/s1. The van der Waals surface area contributed by atoms with Gasteiger partial charge in [0, 0.05) is 30.3 Å². The molecule has 0 aliphatic carbocycles. The van der Waals surface area contributed by atoms with Gasteiger partial charge in [0.1, 0.15) is 17.6 Å². The van der Waals surface area contributed by atoms with E-state index in [-0.39, 0.29) is 37.2 Å². The largest absolute Gasteiger partial charge is 0.508 e. The summed E-state index contributed by atoms with van der Waals surface area (Å²) in [5.74, 6) is 1.48. The van der Waals surface area contributed by atoms with Crippen LogP contribution in [0.3, 0.4) is 0 Å². The molecule has 5 N–H and O–H groups in total. The minimum absolute atomic E-state index is 0.0425. The number of aliphatic hydroxyl groups excluding tert-OH is 2. The van der Waals surface area contributed by atoms with Crippen molar-refractivity contribution in [2.45, 2.75) is 58.5 Å². The third-order valence-corrected chi connectivity index (χ3v) is 5.15. The summed E-state index contributed by atoms with van der Waals surface area (Å²) in [5.41, 5.74) is 1.77. The Hall–Kier alpha value is -2.12. The van der Waals surface area contributed by atoms with Crippen LogP contribution in [-0.2, 0) is 13.1 Å². The van der Waals surface area contributed by atoms with E-state index in [1.54, 1.807) is 12.1 Å². The Morgan fingerprint density at radius 1 is 0.833 bits per heavy atom. The molecule has 0 heterocycles. The third kappa shape index (κ3) is 7.61. The maximum absolute atomic E-state index is 9.93. The second-order valence-electron chi connectivity index (χ2n) is 8.12. The molecule has 30 heavy (non-hydrogen) atoms. The number of phenolic OH excluding ortho intramolecular Hbond substituents is 1. The zero-order chi connectivity index (χ0) is 21.9. The Balaban J connectivity index is 1.97. The van der Waals surface area contributed by atoms with Gasteiger partial charge in [-0.2, -0.15) is 0 Å². The first kappa shape index (κ1) is 24.2. The molecule has 0 fully saturated rings. The molecule has 6 heteroatoms. The molecule has 6 nitrogen and oxygen atoms in total. The molecule has 2 aromatic carbocycles. The van der Waals surface area contributed by atoms with E-state index in [1.165, 1.54) is 0 Å². The Morgan fingerprint density at radius 3 is 2.10 bits per heavy atom. The van der Waals surface area contributed by atoms with Gasteiger partial charge >= 0.3 is 0 Å². The van der Waals surface area contributed by atoms with Crippen LogP contribution in [0.4, 0.5) is 0 Å². The first-order chi connectivity index (χ1) is 14.4. The average molecular weight is 417 g/mol. The van der Waals surface area contributed by atoms with Crippen molar-refractivity contribution in [2.75, 3.05) is 13.2 Å². The Morgan fingerprint density at radius 2 is 1.47 bits per heavy atom. The van der Waals surface area contributed by atoms with Crippen molar-refractivity contribution in [3.05, 3.63) is 59.7 Å². The van der Waals surface area contributed by atoms with Gasteiger partial charge in [-0.15, -0.1) is 0 Å². The van der Waals surface area contributed by atoms with Gasteiger partial charge in [0.25, 0.3) is 0 Å². The highest BCUT2D eigenvalue weighted by atomic mass is 16.5. The molecule has 0 radical (unpaired) electrons. The van der Waals surface area contributed by atoms with Crippen LogP contribution in [0.15, 0.2) is 48.5 Å². The number of nitrogens with one attached hydrogen (secondary N) is 2. The minimum Gasteiger partial charge on any atom is -0.508 e. The molecule has 0 saturated carbocycles. The van der Waals surface area contributed by atoms with E-state index >= 15 is 0 Å². The molecule has 0 aliphatic heterocycles. The van der Waals surface area contributed by atoms with E-state index in [0.717, 1.165) is 23.3 Å². The number of aliphatic hydroxyl groups is 2. The molecule has 0 saturated heterocycles. The molecule has 1 unspecified atom stereocenters. The first-order valence-corrected chi connectivity index (χ1v) is 10.6. The molecule has 0 aromatic heterocycles. The quantitative estimate of drug-likeness (QED) is 0.345. The molecule has 2 aromatic rings. The van der Waals surface area contributed by atoms with Crippen molar-refractivity contribution < 1.29 is 20.1 Å². The lowest BCUT2D eigenvalue weighted by Crippen LogP contribution is -2.44. The fourth-order valence-electron chi connectivity index (χ4n) is 3.37. The Bertz CT molecular complexity index is 753. The van der Waals surface area contributed by atoms with Gasteiger partial charge in [0.05, 0.1) is 19.3 Å². The SMILES string of the molecule is CC(C)C[C@@H](CO)NCc1ccccc1OC(C)[C@@H](CO)NCc1ccccc1O. The second-order valence-corrected chi connectivity index (χ2v) is 8.12. The summed E-state index contributed by atoms with van der Waals surface area (Å²) in [6.45, 7) is 7.23. The highest BCUT2D eigenvalue weighted by Gasteiger charge is 2.20. The van der Waals surface area contributed by atoms with Gasteiger partial charge in [-0.05, 0) is 31.4 Å². The van der Waals surface area contributed by atoms with Crippen LogP contribution >= 0.6 is 0 Å². The number of aromatic hydroxyl groups is 1. The van der Waals surface area contributed by atoms with Crippen molar-refractivity contribution in [3.8, 4) is 11.5 Å². The summed E-state index contributed by atoms with van der Waals surface area (Å²) in [5, 5.41) is 36.0. The maximum Gasteiger partial charge on any atom is 0.124 e. The van der Waals surface area contributed by atoms with Gasteiger partial charge in [-0.25, -0.2) is 0 Å².